The number of hydrogen-bond donors (Lipinski definition) is 1. The van der Waals surface area contributed by atoms with Gasteiger partial charge in [-0.05, 0) is 19.1 Å². The molecule has 0 radical (unpaired) electrons. The zero-order valence-electron chi connectivity index (χ0n) is 13.6. The minimum atomic E-state index is -0.349. The van der Waals surface area contributed by atoms with Crippen molar-refractivity contribution in [2.75, 3.05) is 5.32 Å². The highest BCUT2D eigenvalue weighted by molar-refractivity contribution is 6.33. The lowest BCUT2D eigenvalue weighted by molar-refractivity contribution is -0.116. The Balaban J connectivity index is 1.93. The van der Waals surface area contributed by atoms with Crippen LogP contribution in [0.25, 0.3) is 11.4 Å². The summed E-state index contributed by atoms with van der Waals surface area (Å²) in [5, 5.41) is 3.16. The number of nitrogens with zero attached hydrogens (tertiary/aromatic N) is 2. The lowest BCUT2D eigenvalue weighted by Gasteiger charge is -2.13. The van der Waals surface area contributed by atoms with Crippen LogP contribution in [0.5, 0.6) is 0 Å². The molecule has 6 heteroatoms. The SMILES string of the molecule is Cc1cc(=O)n(CC(=O)Nc2ccccc2Cl)c(-c2ccccc2)n1. The van der Waals surface area contributed by atoms with Crippen LogP contribution in [0.2, 0.25) is 5.02 Å². The third kappa shape index (κ3) is 3.95. The maximum absolute atomic E-state index is 12.4. The minimum absolute atomic E-state index is 0.151. The standard InChI is InChI=1S/C19H16ClN3O2/c1-13-11-18(25)23(19(21-13)14-7-3-2-4-8-14)12-17(24)22-16-10-6-5-9-15(16)20/h2-11H,12H2,1H3,(H,22,24). The molecular formula is C19H16ClN3O2. The number of amides is 1. The van der Waals surface area contributed by atoms with Gasteiger partial charge in [0.25, 0.3) is 5.56 Å². The van der Waals surface area contributed by atoms with E-state index in [1.165, 1.54) is 10.6 Å². The van der Waals surface area contributed by atoms with Crippen molar-refractivity contribution in [1.82, 2.24) is 9.55 Å². The Hall–Kier alpha value is -2.92. The fourth-order valence-electron chi connectivity index (χ4n) is 2.48. The Morgan fingerprint density at radius 3 is 2.52 bits per heavy atom. The number of benzene rings is 2. The molecule has 1 aromatic heterocycles. The molecule has 0 saturated heterocycles. The summed E-state index contributed by atoms with van der Waals surface area (Å²) in [6, 6.07) is 17.7. The highest BCUT2D eigenvalue weighted by Crippen LogP contribution is 2.21. The van der Waals surface area contributed by atoms with Crippen LogP contribution in [0.15, 0.2) is 65.5 Å². The number of para-hydroxylation sites is 1. The molecule has 1 amide bonds. The molecule has 0 aliphatic heterocycles. The van der Waals surface area contributed by atoms with Gasteiger partial charge in [-0.3, -0.25) is 14.2 Å². The van der Waals surface area contributed by atoms with Crippen LogP contribution in [0, 0.1) is 6.92 Å². The molecule has 0 unspecified atom stereocenters. The number of aryl methyl sites for hydroxylation is 1. The van der Waals surface area contributed by atoms with Crippen molar-refractivity contribution in [1.29, 1.82) is 0 Å². The molecule has 0 spiro atoms. The molecule has 5 nitrogen and oxygen atoms in total. The van der Waals surface area contributed by atoms with Crippen molar-refractivity contribution >= 4 is 23.2 Å². The Morgan fingerprint density at radius 2 is 1.80 bits per heavy atom. The van der Waals surface area contributed by atoms with Crippen molar-refractivity contribution in [2.24, 2.45) is 0 Å². The number of nitrogens with one attached hydrogen (secondary N) is 1. The van der Waals surface area contributed by atoms with Gasteiger partial charge in [-0.1, -0.05) is 54.1 Å². The summed E-state index contributed by atoms with van der Waals surface area (Å²) in [5.74, 6) is 0.109. The van der Waals surface area contributed by atoms with Crippen LogP contribution in [0.4, 0.5) is 5.69 Å². The maximum atomic E-state index is 12.4. The fraction of sp³-hybridized carbons (Fsp3) is 0.105. The first-order valence-electron chi connectivity index (χ1n) is 7.73. The first kappa shape index (κ1) is 16.9. The van der Waals surface area contributed by atoms with Gasteiger partial charge in [-0.15, -0.1) is 0 Å². The molecule has 0 aliphatic rings. The van der Waals surface area contributed by atoms with E-state index in [0.29, 0.717) is 22.2 Å². The maximum Gasteiger partial charge on any atom is 0.254 e. The number of hydrogen-bond acceptors (Lipinski definition) is 3. The highest BCUT2D eigenvalue weighted by atomic mass is 35.5. The summed E-state index contributed by atoms with van der Waals surface area (Å²) >= 11 is 6.05. The topological polar surface area (TPSA) is 64.0 Å². The van der Waals surface area contributed by atoms with E-state index in [1.54, 1.807) is 31.2 Å². The van der Waals surface area contributed by atoms with E-state index in [0.717, 1.165) is 5.56 Å². The smallest absolute Gasteiger partial charge is 0.254 e. The number of rotatable bonds is 4. The molecule has 1 N–H and O–H groups in total. The molecule has 0 aliphatic carbocycles. The number of carbonyl (C=O) groups is 1. The van der Waals surface area contributed by atoms with Crippen LogP contribution < -0.4 is 10.9 Å². The predicted octanol–water partition coefficient (Wildman–Crippen LogP) is 3.51. The second-order valence-electron chi connectivity index (χ2n) is 5.54. The first-order valence-corrected chi connectivity index (χ1v) is 8.10. The molecule has 0 bridgehead atoms. The zero-order valence-corrected chi connectivity index (χ0v) is 14.3. The van der Waals surface area contributed by atoms with E-state index in [-0.39, 0.29) is 18.0 Å². The normalized spacial score (nSPS) is 10.5. The minimum Gasteiger partial charge on any atom is -0.323 e. The number of carbonyl (C=O) groups excluding carboxylic acids is 1. The Bertz CT molecular complexity index is 968. The second kappa shape index (κ2) is 7.32. The molecule has 25 heavy (non-hydrogen) atoms. The lowest BCUT2D eigenvalue weighted by atomic mass is 10.2. The Kier molecular flexibility index (Phi) is 4.95. The average molecular weight is 354 g/mol. The molecule has 0 fully saturated rings. The van der Waals surface area contributed by atoms with Crippen molar-refractivity contribution < 1.29 is 4.79 Å². The van der Waals surface area contributed by atoms with E-state index in [4.69, 9.17) is 11.6 Å². The van der Waals surface area contributed by atoms with Crippen molar-refractivity contribution in [2.45, 2.75) is 13.5 Å². The third-order valence-electron chi connectivity index (χ3n) is 3.62. The summed E-state index contributed by atoms with van der Waals surface area (Å²) in [6.07, 6.45) is 0. The van der Waals surface area contributed by atoms with E-state index in [9.17, 15) is 9.59 Å². The highest BCUT2D eigenvalue weighted by Gasteiger charge is 2.13. The van der Waals surface area contributed by atoms with E-state index < -0.39 is 0 Å². The quantitative estimate of drug-likeness (QED) is 0.780. The lowest BCUT2D eigenvalue weighted by Crippen LogP contribution is -2.29. The van der Waals surface area contributed by atoms with Crippen LogP contribution in [-0.4, -0.2) is 15.5 Å². The van der Waals surface area contributed by atoms with Gasteiger partial charge >= 0.3 is 0 Å². The summed E-state index contributed by atoms with van der Waals surface area (Å²) in [6.45, 7) is 1.60. The van der Waals surface area contributed by atoms with Gasteiger partial charge in [0.15, 0.2) is 0 Å². The number of anilines is 1. The van der Waals surface area contributed by atoms with Gasteiger partial charge in [0.05, 0.1) is 10.7 Å². The van der Waals surface area contributed by atoms with Crippen molar-refractivity contribution in [3.05, 3.63) is 81.7 Å². The molecule has 3 aromatic rings. The molecule has 2 aromatic carbocycles. The largest absolute Gasteiger partial charge is 0.323 e. The van der Waals surface area contributed by atoms with E-state index >= 15 is 0 Å². The molecule has 3 rings (SSSR count). The van der Waals surface area contributed by atoms with Crippen LogP contribution in [0.1, 0.15) is 5.69 Å². The van der Waals surface area contributed by atoms with Gasteiger partial charge in [-0.25, -0.2) is 4.98 Å². The van der Waals surface area contributed by atoms with Gasteiger partial charge < -0.3 is 5.32 Å². The Labute approximate surface area is 149 Å². The number of aromatic nitrogens is 2. The fourth-order valence-corrected chi connectivity index (χ4v) is 2.66. The van der Waals surface area contributed by atoms with Gasteiger partial charge in [0.2, 0.25) is 5.91 Å². The van der Waals surface area contributed by atoms with Crippen LogP contribution in [0.3, 0.4) is 0 Å². The van der Waals surface area contributed by atoms with Gasteiger partial charge in [-0.2, -0.15) is 0 Å². The Morgan fingerprint density at radius 1 is 1.12 bits per heavy atom. The third-order valence-corrected chi connectivity index (χ3v) is 3.95. The molecular weight excluding hydrogens is 338 g/mol. The second-order valence-corrected chi connectivity index (χ2v) is 5.95. The molecule has 1 heterocycles. The molecule has 126 valence electrons. The monoisotopic (exact) mass is 353 g/mol. The van der Waals surface area contributed by atoms with Gasteiger partial charge in [0, 0.05) is 17.3 Å². The summed E-state index contributed by atoms with van der Waals surface area (Å²) < 4.78 is 1.36. The molecule has 0 saturated carbocycles. The van der Waals surface area contributed by atoms with E-state index in [2.05, 4.69) is 10.3 Å². The summed E-state index contributed by atoms with van der Waals surface area (Å²) in [4.78, 5) is 29.2. The van der Waals surface area contributed by atoms with Crippen LogP contribution >= 0.6 is 11.6 Å². The number of halogens is 1. The van der Waals surface area contributed by atoms with Gasteiger partial charge in [0.1, 0.15) is 12.4 Å². The van der Waals surface area contributed by atoms with Crippen molar-refractivity contribution in [3.63, 3.8) is 0 Å². The molecule has 0 atom stereocenters. The predicted molar refractivity (Wildman–Crippen MR) is 98.8 cm³/mol. The summed E-state index contributed by atoms with van der Waals surface area (Å²) in [5.41, 5.74) is 1.60. The average Bonchev–Trinajstić information content (AvgIpc) is 2.60. The van der Waals surface area contributed by atoms with E-state index in [1.807, 2.05) is 30.3 Å². The first-order chi connectivity index (χ1) is 12.0. The van der Waals surface area contributed by atoms with Crippen LogP contribution in [-0.2, 0) is 11.3 Å². The summed E-state index contributed by atoms with van der Waals surface area (Å²) in [7, 11) is 0. The zero-order chi connectivity index (χ0) is 17.8. The van der Waals surface area contributed by atoms with Crippen molar-refractivity contribution in [3.8, 4) is 11.4 Å².